The lowest BCUT2D eigenvalue weighted by molar-refractivity contribution is -0.141. The van der Waals surface area contributed by atoms with Crippen LogP contribution in [0.15, 0.2) is 27.1 Å². The van der Waals surface area contributed by atoms with Crippen molar-refractivity contribution in [3.05, 3.63) is 39.7 Å². The van der Waals surface area contributed by atoms with Crippen molar-refractivity contribution < 1.29 is 27.5 Å². The molecule has 0 saturated heterocycles. The first-order chi connectivity index (χ1) is 9.20. The molecule has 0 bridgehead atoms. The number of nitrogens with zero attached hydrogens (tertiary/aromatic N) is 1. The molecule has 0 radical (unpaired) electrons. The van der Waals surface area contributed by atoms with E-state index in [4.69, 9.17) is 9.52 Å². The molecule has 106 valence electrons. The summed E-state index contributed by atoms with van der Waals surface area (Å²) in [5.41, 5.74) is -0.642. The van der Waals surface area contributed by atoms with Gasteiger partial charge in [0.05, 0.1) is 0 Å². The van der Waals surface area contributed by atoms with Gasteiger partial charge in [0.2, 0.25) is 11.7 Å². The van der Waals surface area contributed by atoms with Crippen molar-refractivity contribution >= 4 is 21.9 Å². The SMILES string of the molecule is Cc1ccc(Br)cc1-c1nc(C(F)(F)F)c(C(=O)O)o1. The Bertz CT molecular complexity index is 679. The Morgan fingerprint density at radius 2 is 2.05 bits per heavy atom. The minimum absolute atomic E-state index is 0.289. The number of aryl methyl sites for hydroxylation is 1. The average Bonchev–Trinajstić information content (AvgIpc) is 2.77. The van der Waals surface area contributed by atoms with Crippen molar-refractivity contribution in [3.63, 3.8) is 0 Å². The second-order valence-electron chi connectivity index (χ2n) is 3.96. The van der Waals surface area contributed by atoms with Crippen LogP contribution in [-0.4, -0.2) is 16.1 Å². The van der Waals surface area contributed by atoms with Crippen LogP contribution >= 0.6 is 15.9 Å². The number of aromatic carboxylic acids is 1. The van der Waals surface area contributed by atoms with E-state index in [1.54, 1.807) is 19.1 Å². The number of carbonyl (C=O) groups is 1. The molecule has 0 saturated carbocycles. The van der Waals surface area contributed by atoms with E-state index in [2.05, 4.69) is 20.9 Å². The molecule has 0 aliphatic carbocycles. The molecule has 1 aromatic heterocycles. The van der Waals surface area contributed by atoms with Gasteiger partial charge in [0.25, 0.3) is 0 Å². The maximum Gasteiger partial charge on any atom is 0.437 e. The van der Waals surface area contributed by atoms with Gasteiger partial charge in [-0.1, -0.05) is 22.0 Å². The van der Waals surface area contributed by atoms with Crippen LogP contribution < -0.4 is 0 Å². The Morgan fingerprint density at radius 3 is 2.55 bits per heavy atom. The summed E-state index contributed by atoms with van der Waals surface area (Å²) in [5.74, 6) is -3.41. The van der Waals surface area contributed by atoms with Crippen molar-refractivity contribution in [2.24, 2.45) is 0 Å². The van der Waals surface area contributed by atoms with Crippen molar-refractivity contribution in [1.29, 1.82) is 0 Å². The van der Waals surface area contributed by atoms with Crippen LogP contribution in [0.4, 0.5) is 13.2 Å². The third-order valence-electron chi connectivity index (χ3n) is 2.52. The van der Waals surface area contributed by atoms with Gasteiger partial charge >= 0.3 is 12.1 Å². The third kappa shape index (κ3) is 2.69. The second-order valence-corrected chi connectivity index (χ2v) is 4.87. The predicted octanol–water partition coefficient (Wildman–Crippen LogP) is 4.13. The monoisotopic (exact) mass is 349 g/mol. The van der Waals surface area contributed by atoms with Gasteiger partial charge < -0.3 is 9.52 Å². The minimum atomic E-state index is -4.89. The number of carboxylic acids is 1. The van der Waals surface area contributed by atoms with E-state index >= 15 is 0 Å². The third-order valence-corrected chi connectivity index (χ3v) is 3.01. The van der Waals surface area contributed by atoms with Crippen LogP contribution in [-0.2, 0) is 6.18 Å². The molecule has 2 rings (SSSR count). The first-order valence-electron chi connectivity index (χ1n) is 5.28. The number of alkyl halides is 3. The highest BCUT2D eigenvalue weighted by Crippen LogP contribution is 2.35. The lowest BCUT2D eigenvalue weighted by Crippen LogP contribution is -2.11. The van der Waals surface area contributed by atoms with Gasteiger partial charge in [-0.15, -0.1) is 0 Å². The molecular weight excluding hydrogens is 343 g/mol. The molecule has 1 aromatic carbocycles. The summed E-state index contributed by atoms with van der Waals surface area (Å²) in [6, 6.07) is 4.86. The average molecular weight is 350 g/mol. The van der Waals surface area contributed by atoms with E-state index in [0.29, 0.717) is 10.0 Å². The molecule has 0 aliphatic rings. The number of carboxylic acid groups (broad SMARTS) is 1. The molecule has 0 aliphatic heterocycles. The molecule has 1 N–H and O–H groups in total. The molecule has 0 spiro atoms. The van der Waals surface area contributed by atoms with Crippen LogP contribution in [0.5, 0.6) is 0 Å². The number of hydrogen-bond acceptors (Lipinski definition) is 3. The van der Waals surface area contributed by atoms with Crippen molar-refractivity contribution in [3.8, 4) is 11.5 Å². The van der Waals surface area contributed by atoms with Crippen LogP contribution in [0.2, 0.25) is 0 Å². The summed E-state index contributed by atoms with van der Waals surface area (Å²) in [5, 5.41) is 8.77. The highest BCUT2D eigenvalue weighted by Gasteiger charge is 2.41. The van der Waals surface area contributed by atoms with Crippen molar-refractivity contribution in [2.45, 2.75) is 13.1 Å². The molecule has 0 amide bonds. The summed E-state index contributed by atoms with van der Waals surface area (Å²) >= 11 is 3.18. The Balaban J connectivity index is 2.65. The standard InChI is InChI=1S/C12H7BrF3NO3/c1-5-2-3-6(13)4-7(5)10-17-9(12(14,15)16)8(20-10)11(18)19/h2-4H,1H3,(H,18,19). The van der Waals surface area contributed by atoms with E-state index in [1.807, 2.05) is 0 Å². The lowest BCUT2D eigenvalue weighted by atomic mass is 10.1. The Morgan fingerprint density at radius 1 is 1.40 bits per heavy atom. The molecule has 20 heavy (non-hydrogen) atoms. The predicted molar refractivity (Wildman–Crippen MR) is 66.3 cm³/mol. The molecule has 0 unspecified atom stereocenters. The second kappa shape index (κ2) is 4.93. The maximum atomic E-state index is 12.7. The van der Waals surface area contributed by atoms with Gasteiger partial charge in [-0.3, -0.25) is 0 Å². The van der Waals surface area contributed by atoms with Crippen LogP contribution in [0.1, 0.15) is 21.8 Å². The Kier molecular flexibility index (Phi) is 3.59. The summed E-state index contributed by atoms with van der Waals surface area (Å²) in [6.07, 6.45) is -4.89. The summed E-state index contributed by atoms with van der Waals surface area (Å²) in [6.45, 7) is 1.65. The zero-order valence-corrected chi connectivity index (χ0v) is 11.5. The highest BCUT2D eigenvalue weighted by molar-refractivity contribution is 9.10. The summed E-state index contributed by atoms with van der Waals surface area (Å²) in [7, 11) is 0. The van der Waals surface area contributed by atoms with Gasteiger partial charge in [0.1, 0.15) is 0 Å². The number of oxazole rings is 1. The van der Waals surface area contributed by atoms with Crippen LogP contribution in [0.3, 0.4) is 0 Å². The smallest absolute Gasteiger partial charge is 0.437 e. The normalized spacial score (nSPS) is 11.7. The van der Waals surface area contributed by atoms with Gasteiger partial charge in [-0.05, 0) is 24.6 Å². The zero-order chi connectivity index (χ0) is 15.1. The molecular formula is C12H7BrF3NO3. The maximum absolute atomic E-state index is 12.7. The molecule has 8 heteroatoms. The first-order valence-corrected chi connectivity index (χ1v) is 6.07. The molecule has 2 aromatic rings. The fourth-order valence-electron chi connectivity index (χ4n) is 1.60. The lowest BCUT2D eigenvalue weighted by Gasteiger charge is -2.02. The van der Waals surface area contributed by atoms with Gasteiger partial charge in [0.15, 0.2) is 5.69 Å². The first kappa shape index (κ1) is 14.6. The van der Waals surface area contributed by atoms with E-state index in [9.17, 15) is 18.0 Å². The number of benzene rings is 1. The quantitative estimate of drug-likeness (QED) is 0.885. The van der Waals surface area contributed by atoms with E-state index < -0.39 is 23.6 Å². The van der Waals surface area contributed by atoms with Crippen LogP contribution in [0.25, 0.3) is 11.5 Å². The van der Waals surface area contributed by atoms with Crippen molar-refractivity contribution in [2.75, 3.05) is 0 Å². The van der Waals surface area contributed by atoms with Crippen LogP contribution in [0, 0.1) is 6.92 Å². The largest absolute Gasteiger partial charge is 0.475 e. The zero-order valence-electron chi connectivity index (χ0n) is 9.95. The van der Waals surface area contributed by atoms with E-state index in [0.717, 1.165) is 0 Å². The van der Waals surface area contributed by atoms with E-state index in [1.165, 1.54) is 6.07 Å². The number of rotatable bonds is 2. The number of halogens is 4. The van der Waals surface area contributed by atoms with Gasteiger partial charge in [-0.2, -0.15) is 13.2 Å². The highest BCUT2D eigenvalue weighted by atomic mass is 79.9. The fraction of sp³-hybridized carbons (Fsp3) is 0.167. The van der Waals surface area contributed by atoms with Crippen molar-refractivity contribution in [1.82, 2.24) is 4.98 Å². The molecule has 0 fully saturated rings. The molecule has 1 heterocycles. The summed E-state index contributed by atoms with van der Waals surface area (Å²) < 4.78 is 43.6. The van der Waals surface area contributed by atoms with E-state index in [-0.39, 0.29) is 11.5 Å². The Hall–Kier alpha value is -1.83. The molecule has 4 nitrogen and oxygen atoms in total. The Labute approximate surface area is 119 Å². The fourth-order valence-corrected chi connectivity index (χ4v) is 1.96. The van der Waals surface area contributed by atoms with Gasteiger partial charge in [-0.25, -0.2) is 9.78 Å². The molecule has 0 atom stereocenters. The topological polar surface area (TPSA) is 63.3 Å². The number of aromatic nitrogens is 1. The van der Waals surface area contributed by atoms with Gasteiger partial charge in [0, 0.05) is 10.0 Å². The summed E-state index contributed by atoms with van der Waals surface area (Å²) in [4.78, 5) is 14.1. The minimum Gasteiger partial charge on any atom is -0.475 e. The number of hydrogen-bond donors (Lipinski definition) is 1.